The summed E-state index contributed by atoms with van der Waals surface area (Å²) in [6.45, 7) is 6.42. The fourth-order valence-electron chi connectivity index (χ4n) is 3.76. The molecule has 2 rings (SSSR count). The Bertz CT molecular complexity index is 282. The lowest BCUT2D eigenvalue weighted by Crippen LogP contribution is -2.46. The number of rotatable bonds is 5. The third kappa shape index (κ3) is 4.03. The first-order valence-electron chi connectivity index (χ1n) is 7.85. The highest BCUT2D eigenvalue weighted by atomic mass is 16.5. The van der Waals surface area contributed by atoms with E-state index in [2.05, 4.69) is 11.8 Å². The van der Waals surface area contributed by atoms with Crippen molar-refractivity contribution in [3.63, 3.8) is 0 Å². The number of likely N-dealkylation sites (tertiary alicyclic amines) is 1. The summed E-state index contributed by atoms with van der Waals surface area (Å²) in [7, 11) is 1.79. The van der Waals surface area contributed by atoms with Crippen LogP contribution in [0.1, 0.15) is 45.4 Å². The molecule has 1 unspecified atom stereocenters. The van der Waals surface area contributed by atoms with Gasteiger partial charge in [0.15, 0.2) is 0 Å². The molecule has 1 heterocycles. The number of ether oxygens (including phenoxy) is 1. The van der Waals surface area contributed by atoms with Gasteiger partial charge in [-0.15, -0.1) is 0 Å². The van der Waals surface area contributed by atoms with E-state index in [0.29, 0.717) is 5.92 Å². The van der Waals surface area contributed by atoms with Crippen molar-refractivity contribution < 1.29 is 9.53 Å². The molecule has 3 nitrogen and oxygen atoms in total. The van der Waals surface area contributed by atoms with Crippen LogP contribution in [0.5, 0.6) is 0 Å². The molecule has 0 radical (unpaired) electrons. The minimum atomic E-state index is -0.0541. The standard InChI is InChI=1S/C16H29NO2/c1-14-5-7-16(13-18,8-6-14)12-17-9-3-4-15(10-17)11-19-2/h13-15H,3-12H2,1-2H3. The van der Waals surface area contributed by atoms with Gasteiger partial charge in [-0.1, -0.05) is 6.92 Å². The number of hydrogen-bond acceptors (Lipinski definition) is 3. The summed E-state index contributed by atoms with van der Waals surface area (Å²) in [4.78, 5) is 14.1. The second-order valence-corrected chi connectivity index (χ2v) is 6.86. The Morgan fingerprint density at radius 2 is 2.05 bits per heavy atom. The van der Waals surface area contributed by atoms with E-state index in [0.717, 1.165) is 45.0 Å². The zero-order chi connectivity index (χ0) is 13.7. The lowest BCUT2D eigenvalue weighted by molar-refractivity contribution is -0.120. The van der Waals surface area contributed by atoms with E-state index in [1.165, 1.54) is 32.0 Å². The van der Waals surface area contributed by atoms with Gasteiger partial charge in [0.25, 0.3) is 0 Å². The number of carbonyl (C=O) groups excluding carboxylic acids is 1. The van der Waals surface area contributed by atoms with Crippen LogP contribution in [0.3, 0.4) is 0 Å². The van der Waals surface area contributed by atoms with Gasteiger partial charge in [0.05, 0.1) is 6.61 Å². The first kappa shape index (κ1) is 15.0. The molecule has 2 fully saturated rings. The monoisotopic (exact) mass is 267 g/mol. The third-order valence-electron chi connectivity index (χ3n) is 5.06. The van der Waals surface area contributed by atoms with Crippen molar-refractivity contribution in [2.75, 3.05) is 33.4 Å². The Morgan fingerprint density at radius 1 is 1.32 bits per heavy atom. The SMILES string of the molecule is COCC1CCCN(CC2(C=O)CCC(C)CC2)C1. The topological polar surface area (TPSA) is 29.5 Å². The summed E-state index contributed by atoms with van der Waals surface area (Å²) in [5.74, 6) is 1.46. The lowest BCUT2D eigenvalue weighted by atomic mass is 9.71. The van der Waals surface area contributed by atoms with E-state index in [1.807, 2.05) is 0 Å². The largest absolute Gasteiger partial charge is 0.384 e. The summed E-state index contributed by atoms with van der Waals surface area (Å²) in [5, 5.41) is 0. The van der Waals surface area contributed by atoms with Gasteiger partial charge in [-0.25, -0.2) is 0 Å². The number of aldehydes is 1. The molecule has 0 aromatic carbocycles. The summed E-state index contributed by atoms with van der Waals surface area (Å²) in [6.07, 6.45) is 8.39. The van der Waals surface area contributed by atoms with E-state index in [4.69, 9.17) is 4.74 Å². The minimum absolute atomic E-state index is 0.0541. The molecule has 3 heteroatoms. The molecule has 0 aromatic rings. The highest BCUT2D eigenvalue weighted by molar-refractivity contribution is 5.60. The quantitative estimate of drug-likeness (QED) is 0.717. The average Bonchev–Trinajstić information content (AvgIpc) is 2.43. The first-order valence-corrected chi connectivity index (χ1v) is 7.85. The molecule has 0 aromatic heterocycles. The van der Waals surface area contributed by atoms with Crippen molar-refractivity contribution in [1.82, 2.24) is 4.90 Å². The van der Waals surface area contributed by atoms with Crippen LogP contribution in [0.25, 0.3) is 0 Å². The maximum Gasteiger partial charge on any atom is 0.127 e. The summed E-state index contributed by atoms with van der Waals surface area (Å²) in [5.41, 5.74) is -0.0541. The molecular formula is C16H29NO2. The van der Waals surface area contributed by atoms with Crippen LogP contribution in [0.2, 0.25) is 0 Å². The average molecular weight is 267 g/mol. The van der Waals surface area contributed by atoms with E-state index >= 15 is 0 Å². The van der Waals surface area contributed by atoms with E-state index < -0.39 is 0 Å². The Kier molecular flexibility index (Phi) is 5.40. The highest BCUT2D eigenvalue weighted by Gasteiger charge is 2.36. The van der Waals surface area contributed by atoms with Gasteiger partial charge in [0, 0.05) is 25.6 Å². The molecule has 1 atom stereocenters. The maximum absolute atomic E-state index is 11.6. The van der Waals surface area contributed by atoms with E-state index in [-0.39, 0.29) is 5.41 Å². The molecule has 1 aliphatic carbocycles. The molecule has 0 bridgehead atoms. The van der Waals surface area contributed by atoms with Gasteiger partial charge >= 0.3 is 0 Å². The van der Waals surface area contributed by atoms with Crippen LogP contribution in [0.15, 0.2) is 0 Å². The van der Waals surface area contributed by atoms with Crippen molar-refractivity contribution in [3.05, 3.63) is 0 Å². The Labute approximate surface area is 117 Å². The molecule has 110 valence electrons. The van der Waals surface area contributed by atoms with Crippen LogP contribution in [-0.2, 0) is 9.53 Å². The summed E-state index contributed by atoms with van der Waals surface area (Å²) in [6, 6.07) is 0. The zero-order valence-corrected chi connectivity index (χ0v) is 12.6. The fraction of sp³-hybridized carbons (Fsp3) is 0.938. The Balaban J connectivity index is 1.89. The maximum atomic E-state index is 11.6. The van der Waals surface area contributed by atoms with Crippen molar-refractivity contribution >= 4 is 6.29 Å². The lowest BCUT2D eigenvalue weighted by Gasteiger charge is -2.41. The predicted molar refractivity (Wildman–Crippen MR) is 77.2 cm³/mol. The van der Waals surface area contributed by atoms with Crippen molar-refractivity contribution in [1.29, 1.82) is 0 Å². The summed E-state index contributed by atoms with van der Waals surface area (Å²) >= 11 is 0. The summed E-state index contributed by atoms with van der Waals surface area (Å²) < 4.78 is 5.29. The van der Waals surface area contributed by atoms with Crippen LogP contribution < -0.4 is 0 Å². The van der Waals surface area contributed by atoms with Crippen molar-refractivity contribution in [3.8, 4) is 0 Å². The van der Waals surface area contributed by atoms with Gasteiger partial charge in [0.1, 0.15) is 6.29 Å². The molecular weight excluding hydrogens is 238 g/mol. The normalized spacial score (nSPS) is 37.2. The number of carbonyl (C=O) groups is 1. The number of methoxy groups -OCH3 is 1. The smallest absolute Gasteiger partial charge is 0.127 e. The zero-order valence-electron chi connectivity index (χ0n) is 12.6. The highest BCUT2D eigenvalue weighted by Crippen LogP contribution is 2.38. The molecule has 0 spiro atoms. The predicted octanol–water partition coefficient (Wildman–Crippen LogP) is 2.74. The molecule has 1 saturated carbocycles. The number of piperidine rings is 1. The van der Waals surface area contributed by atoms with E-state index in [9.17, 15) is 4.79 Å². The van der Waals surface area contributed by atoms with Gasteiger partial charge in [0.2, 0.25) is 0 Å². The molecule has 19 heavy (non-hydrogen) atoms. The fourth-order valence-corrected chi connectivity index (χ4v) is 3.76. The number of hydrogen-bond donors (Lipinski definition) is 0. The van der Waals surface area contributed by atoms with Gasteiger partial charge < -0.3 is 14.4 Å². The van der Waals surface area contributed by atoms with Gasteiger partial charge in [-0.2, -0.15) is 0 Å². The van der Waals surface area contributed by atoms with E-state index in [1.54, 1.807) is 7.11 Å². The van der Waals surface area contributed by atoms with Crippen molar-refractivity contribution in [2.24, 2.45) is 17.3 Å². The number of nitrogens with zero attached hydrogens (tertiary/aromatic N) is 1. The second-order valence-electron chi connectivity index (χ2n) is 6.86. The molecule has 0 amide bonds. The molecule has 1 saturated heterocycles. The Hall–Kier alpha value is -0.410. The first-order chi connectivity index (χ1) is 9.17. The van der Waals surface area contributed by atoms with Crippen LogP contribution in [0, 0.1) is 17.3 Å². The van der Waals surface area contributed by atoms with Crippen LogP contribution in [-0.4, -0.2) is 44.5 Å². The van der Waals surface area contributed by atoms with Crippen LogP contribution >= 0.6 is 0 Å². The minimum Gasteiger partial charge on any atom is -0.384 e. The third-order valence-corrected chi connectivity index (χ3v) is 5.06. The molecule has 1 aliphatic heterocycles. The molecule has 2 aliphatic rings. The van der Waals surface area contributed by atoms with Gasteiger partial charge in [-0.05, 0) is 56.9 Å². The van der Waals surface area contributed by atoms with Gasteiger partial charge in [-0.3, -0.25) is 0 Å². The van der Waals surface area contributed by atoms with Crippen molar-refractivity contribution in [2.45, 2.75) is 45.4 Å². The second kappa shape index (κ2) is 6.85. The molecule has 0 N–H and O–H groups in total. The van der Waals surface area contributed by atoms with Crippen LogP contribution in [0.4, 0.5) is 0 Å². The Morgan fingerprint density at radius 3 is 2.68 bits per heavy atom.